The van der Waals surface area contributed by atoms with Crippen LogP contribution in [0.1, 0.15) is 65.9 Å². The van der Waals surface area contributed by atoms with Crippen LogP contribution >= 0.6 is 0 Å². The van der Waals surface area contributed by atoms with Gasteiger partial charge in [-0.1, -0.05) is 59.6 Å². The molecule has 19 heavy (non-hydrogen) atoms. The molecule has 0 N–H and O–H groups in total. The van der Waals surface area contributed by atoms with E-state index >= 15 is 0 Å². The molecule has 0 saturated heterocycles. The van der Waals surface area contributed by atoms with E-state index < -0.39 is 0 Å². The summed E-state index contributed by atoms with van der Waals surface area (Å²) in [5.41, 5.74) is 1.29. The second kappa shape index (κ2) is 11.0. The summed E-state index contributed by atoms with van der Waals surface area (Å²) < 4.78 is 12.7. The lowest BCUT2D eigenvalue weighted by molar-refractivity contribution is 0.289. The van der Waals surface area contributed by atoms with Crippen molar-refractivity contribution in [1.29, 1.82) is 0 Å². The van der Waals surface area contributed by atoms with E-state index in [1.54, 1.807) is 12.1 Å². The van der Waals surface area contributed by atoms with Gasteiger partial charge in [-0.15, -0.1) is 0 Å². The fourth-order valence-electron chi connectivity index (χ4n) is 2.49. The van der Waals surface area contributed by atoms with Crippen molar-refractivity contribution in [3.05, 3.63) is 35.6 Å². The maximum atomic E-state index is 12.7. The van der Waals surface area contributed by atoms with E-state index in [1.165, 1.54) is 31.2 Å². The monoisotopic (exact) mass is 266 g/mol. The SMILES string of the molecule is CC.CC.CC1CCC(Cc2ccc(F)cc2)CC1. The molecule has 0 nitrogen and oxygen atoms in total. The molecule has 0 atom stereocenters. The molecule has 0 amide bonds. The number of hydrogen-bond acceptors (Lipinski definition) is 0. The molecule has 1 aliphatic carbocycles. The molecule has 0 bridgehead atoms. The molecule has 1 fully saturated rings. The van der Waals surface area contributed by atoms with E-state index in [4.69, 9.17) is 0 Å². The highest BCUT2D eigenvalue weighted by atomic mass is 19.1. The molecule has 1 aliphatic rings. The molecular formula is C18H31F. The number of benzene rings is 1. The van der Waals surface area contributed by atoms with E-state index in [0.717, 1.165) is 18.3 Å². The summed E-state index contributed by atoms with van der Waals surface area (Å²) in [7, 11) is 0. The van der Waals surface area contributed by atoms with Gasteiger partial charge in [0.2, 0.25) is 0 Å². The Balaban J connectivity index is 0.000000741. The molecule has 0 aliphatic heterocycles. The molecule has 1 heteroatoms. The second-order valence-corrected chi connectivity index (χ2v) is 4.96. The minimum absolute atomic E-state index is 0.129. The Hall–Kier alpha value is -0.850. The van der Waals surface area contributed by atoms with Crippen molar-refractivity contribution in [3.8, 4) is 0 Å². The smallest absolute Gasteiger partial charge is 0.123 e. The third-order valence-corrected chi connectivity index (χ3v) is 3.57. The van der Waals surface area contributed by atoms with Gasteiger partial charge >= 0.3 is 0 Å². The number of rotatable bonds is 2. The highest BCUT2D eigenvalue weighted by molar-refractivity contribution is 5.16. The lowest BCUT2D eigenvalue weighted by atomic mass is 9.80. The summed E-state index contributed by atoms with van der Waals surface area (Å²) in [6.45, 7) is 10.3. The lowest BCUT2D eigenvalue weighted by Gasteiger charge is -2.26. The van der Waals surface area contributed by atoms with Crippen LogP contribution in [0.4, 0.5) is 4.39 Å². The zero-order valence-corrected chi connectivity index (χ0v) is 13.4. The molecule has 0 radical (unpaired) electrons. The van der Waals surface area contributed by atoms with Gasteiger partial charge < -0.3 is 0 Å². The Morgan fingerprint density at radius 1 is 0.895 bits per heavy atom. The summed E-state index contributed by atoms with van der Waals surface area (Å²) in [4.78, 5) is 0. The fraction of sp³-hybridized carbons (Fsp3) is 0.667. The van der Waals surface area contributed by atoms with Crippen molar-refractivity contribution in [2.45, 2.75) is 66.7 Å². The first-order valence-corrected chi connectivity index (χ1v) is 7.98. The van der Waals surface area contributed by atoms with Crippen LogP contribution in [0.15, 0.2) is 24.3 Å². The van der Waals surface area contributed by atoms with Crippen molar-refractivity contribution >= 4 is 0 Å². The van der Waals surface area contributed by atoms with Crippen LogP contribution in [-0.4, -0.2) is 0 Å². The standard InChI is InChI=1S/C14H19F.2C2H6/c1-11-2-4-12(5-3-11)10-13-6-8-14(15)9-7-13;2*1-2/h6-9,11-12H,2-5,10H2,1H3;2*1-2H3. The average molecular weight is 266 g/mol. The molecule has 1 aromatic carbocycles. The van der Waals surface area contributed by atoms with E-state index in [-0.39, 0.29) is 5.82 Å². The molecule has 1 saturated carbocycles. The molecule has 2 rings (SSSR count). The number of hydrogen-bond donors (Lipinski definition) is 0. The molecule has 0 heterocycles. The predicted molar refractivity (Wildman–Crippen MR) is 83.9 cm³/mol. The van der Waals surface area contributed by atoms with E-state index in [9.17, 15) is 4.39 Å². The predicted octanol–water partition coefficient (Wildman–Crippen LogP) is 6.25. The third-order valence-electron chi connectivity index (χ3n) is 3.57. The maximum absolute atomic E-state index is 12.7. The van der Waals surface area contributed by atoms with Gasteiger partial charge in [0.25, 0.3) is 0 Å². The van der Waals surface area contributed by atoms with Crippen molar-refractivity contribution < 1.29 is 4.39 Å². The van der Waals surface area contributed by atoms with Crippen LogP contribution in [0.2, 0.25) is 0 Å². The molecule has 0 unspecified atom stereocenters. The molecule has 0 aromatic heterocycles. The third kappa shape index (κ3) is 7.34. The van der Waals surface area contributed by atoms with Gasteiger partial charge in [0.05, 0.1) is 0 Å². The van der Waals surface area contributed by atoms with E-state index in [0.29, 0.717) is 0 Å². The number of halogens is 1. The largest absolute Gasteiger partial charge is 0.207 e. The Kier molecular flexibility index (Phi) is 10.5. The van der Waals surface area contributed by atoms with Crippen molar-refractivity contribution in [1.82, 2.24) is 0 Å². The highest BCUT2D eigenvalue weighted by Crippen LogP contribution is 2.30. The Bertz CT molecular complexity index is 294. The summed E-state index contributed by atoms with van der Waals surface area (Å²) in [6.07, 6.45) is 6.56. The van der Waals surface area contributed by atoms with Crippen LogP contribution in [0, 0.1) is 17.7 Å². The van der Waals surface area contributed by atoms with Crippen LogP contribution in [-0.2, 0) is 6.42 Å². The van der Waals surface area contributed by atoms with Crippen molar-refractivity contribution in [2.24, 2.45) is 11.8 Å². The molecular weight excluding hydrogens is 235 g/mol. The van der Waals surface area contributed by atoms with Crippen LogP contribution in [0.3, 0.4) is 0 Å². The molecule has 1 aromatic rings. The Morgan fingerprint density at radius 3 is 1.84 bits per heavy atom. The van der Waals surface area contributed by atoms with Crippen LogP contribution < -0.4 is 0 Å². The van der Waals surface area contributed by atoms with Gasteiger partial charge in [-0.05, 0) is 48.8 Å². The van der Waals surface area contributed by atoms with Gasteiger partial charge in [-0.2, -0.15) is 0 Å². The van der Waals surface area contributed by atoms with Crippen LogP contribution in [0.25, 0.3) is 0 Å². The Morgan fingerprint density at radius 2 is 1.37 bits per heavy atom. The van der Waals surface area contributed by atoms with Gasteiger partial charge in [0.15, 0.2) is 0 Å². The van der Waals surface area contributed by atoms with Gasteiger partial charge in [-0.3, -0.25) is 0 Å². The first-order chi connectivity index (χ1) is 9.24. The zero-order chi connectivity index (χ0) is 14.7. The van der Waals surface area contributed by atoms with E-state index in [1.807, 2.05) is 39.8 Å². The normalized spacial score (nSPS) is 21.6. The maximum Gasteiger partial charge on any atom is 0.123 e. The summed E-state index contributed by atoms with van der Waals surface area (Å²) in [6, 6.07) is 6.99. The zero-order valence-electron chi connectivity index (χ0n) is 13.4. The fourth-order valence-corrected chi connectivity index (χ4v) is 2.49. The lowest BCUT2D eigenvalue weighted by Crippen LogP contribution is -2.14. The van der Waals surface area contributed by atoms with Crippen molar-refractivity contribution in [2.75, 3.05) is 0 Å². The highest BCUT2D eigenvalue weighted by Gasteiger charge is 2.18. The van der Waals surface area contributed by atoms with E-state index in [2.05, 4.69) is 6.92 Å². The minimum atomic E-state index is -0.129. The Labute approximate surface area is 119 Å². The molecule has 0 spiro atoms. The first-order valence-electron chi connectivity index (χ1n) is 7.98. The van der Waals surface area contributed by atoms with Gasteiger partial charge in [0, 0.05) is 0 Å². The van der Waals surface area contributed by atoms with Gasteiger partial charge in [-0.25, -0.2) is 4.39 Å². The quantitative estimate of drug-likeness (QED) is 0.593. The summed E-state index contributed by atoms with van der Waals surface area (Å²) in [5.74, 6) is 1.61. The van der Waals surface area contributed by atoms with Crippen LogP contribution in [0.5, 0.6) is 0 Å². The first kappa shape index (κ1) is 18.1. The summed E-state index contributed by atoms with van der Waals surface area (Å²) in [5, 5.41) is 0. The van der Waals surface area contributed by atoms with Crippen molar-refractivity contribution in [3.63, 3.8) is 0 Å². The topological polar surface area (TPSA) is 0 Å². The minimum Gasteiger partial charge on any atom is -0.207 e. The summed E-state index contributed by atoms with van der Waals surface area (Å²) >= 11 is 0. The van der Waals surface area contributed by atoms with Gasteiger partial charge in [0.1, 0.15) is 5.82 Å². The molecule has 110 valence electrons. The second-order valence-electron chi connectivity index (χ2n) is 4.96. The average Bonchev–Trinajstić information content (AvgIpc) is 2.48.